The molecule has 1 unspecified atom stereocenters. The Balaban J connectivity index is 1.05. The molecule has 5 nitrogen and oxygen atoms in total. The number of allylic oxidation sites excluding steroid dienone is 1. The van der Waals surface area contributed by atoms with Crippen LogP contribution in [0.2, 0.25) is 0 Å². The lowest BCUT2D eigenvalue weighted by Crippen LogP contribution is -2.18. The van der Waals surface area contributed by atoms with Gasteiger partial charge in [0.05, 0.1) is 50.2 Å². The summed E-state index contributed by atoms with van der Waals surface area (Å²) in [7, 11) is 0. The molecule has 326 valence electrons. The number of benzene rings is 10. The maximum atomic E-state index is 6.75. The van der Waals surface area contributed by atoms with Crippen molar-refractivity contribution >= 4 is 125 Å². The SMILES string of the molecule is C1=C(c2ccc3oc4ccccc4c3c2-n2c3ccccc3c3cc4ccccc4cc32)/N=C(c2cccc3c2sc2ccccc23)\N=C2\c3cccc4c5ccccc5n(c34)-c3ccccc3C2C/1. The molecule has 0 saturated heterocycles. The van der Waals surface area contributed by atoms with E-state index in [0.717, 1.165) is 66.8 Å². The van der Waals surface area contributed by atoms with Gasteiger partial charge in [-0.1, -0.05) is 152 Å². The fraction of sp³-hybridized carbons (Fsp3) is 0.0312. The quantitative estimate of drug-likeness (QED) is 0.174. The van der Waals surface area contributed by atoms with Gasteiger partial charge in [0.1, 0.15) is 11.2 Å². The molecule has 14 aromatic rings. The Kier molecular flexibility index (Phi) is 7.82. The molecule has 0 amide bonds. The molecule has 70 heavy (non-hydrogen) atoms. The van der Waals surface area contributed by atoms with Gasteiger partial charge in [0.25, 0.3) is 0 Å². The van der Waals surface area contributed by atoms with E-state index >= 15 is 0 Å². The Morgan fingerprint density at radius 3 is 2.01 bits per heavy atom. The molecular formula is C64H38N4OS. The molecule has 6 heteroatoms. The van der Waals surface area contributed by atoms with Gasteiger partial charge in [0.2, 0.25) is 0 Å². The normalized spacial score (nSPS) is 17.1. The molecule has 0 spiro atoms. The van der Waals surface area contributed by atoms with Gasteiger partial charge in [-0.05, 0) is 83.4 Å². The topological polar surface area (TPSA) is 47.7 Å². The number of thiophene rings is 1. The van der Waals surface area contributed by atoms with Crippen molar-refractivity contribution in [1.82, 2.24) is 9.13 Å². The summed E-state index contributed by atoms with van der Waals surface area (Å²) in [6.07, 6.45) is 3.08. The highest BCUT2D eigenvalue weighted by Crippen LogP contribution is 2.47. The highest BCUT2D eigenvalue weighted by atomic mass is 32.1. The lowest BCUT2D eigenvalue weighted by molar-refractivity contribution is 0.669. The number of amidine groups is 1. The van der Waals surface area contributed by atoms with Gasteiger partial charge < -0.3 is 13.6 Å². The van der Waals surface area contributed by atoms with Crippen molar-refractivity contribution < 1.29 is 4.42 Å². The molecule has 6 heterocycles. The first kappa shape index (κ1) is 38.2. The molecule has 2 aliphatic heterocycles. The van der Waals surface area contributed by atoms with E-state index in [4.69, 9.17) is 14.4 Å². The lowest BCUT2D eigenvalue weighted by atomic mass is 9.85. The standard InChI is InChI=1S/C64H38N4OS/c1-2-16-38-36-55-50(35-37(38)15-1)41-19-5-10-28-54(41)68(55)62-46(32-34-57-59(62)47-21-6-11-29-56(47)69-57)51-33-31-43-39-17-3-8-26-52(39)67-53-27-9-4-18-40(53)44-22-13-24-48(61(44)67)60(43)66-64(65-51)49-25-14-23-45-42-20-7-12-30-58(42)70-63(45)49/h1-30,32-36,43H,31H2/b51-33+,65-64-,66-60+. The minimum atomic E-state index is -0.0934. The first-order valence-electron chi connectivity index (χ1n) is 24.0. The van der Waals surface area contributed by atoms with Crippen LogP contribution in [-0.2, 0) is 0 Å². The molecule has 0 saturated carbocycles. The predicted octanol–water partition coefficient (Wildman–Crippen LogP) is 17.1. The van der Waals surface area contributed by atoms with Gasteiger partial charge in [-0.3, -0.25) is 0 Å². The summed E-state index contributed by atoms with van der Waals surface area (Å²) >= 11 is 1.82. The summed E-state index contributed by atoms with van der Waals surface area (Å²) in [5, 5.41) is 11.8. The Morgan fingerprint density at radius 2 is 1.14 bits per heavy atom. The summed E-state index contributed by atoms with van der Waals surface area (Å²) in [6, 6.07) is 75.0. The van der Waals surface area contributed by atoms with Crippen molar-refractivity contribution in [3.8, 4) is 11.4 Å². The summed E-state index contributed by atoms with van der Waals surface area (Å²) in [5.41, 5.74) is 14.8. The number of nitrogens with zero attached hydrogens (tertiary/aromatic N) is 4. The van der Waals surface area contributed by atoms with Crippen LogP contribution in [0.4, 0.5) is 0 Å². The van der Waals surface area contributed by atoms with Crippen LogP contribution in [-0.4, -0.2) is 20.7 Å². The Morgan fingerprint density at radius 1 is 0.471 bits per heavy atom. The molecule has 0 bridgehead atoms. The molecule has 0 fully saturated rings. The smallest absolute Gasteiger partial charge is 0.161 e. The average Bonchev–Trinajstić information content (AvgIpc) is 4.14. The lowest BCUT2D eigenvalue weighted by Gasteiger charge is -2.23. The van der Waals surface area contributed by atoms with Crippen molar-refractivity contribution in [2.24, 2.45) is 9.98 Å². The second-order valence-electron chi connectivity index (χ2n) is 18.7. The minimum Gasteiger partial charge on any atom is -0.456 e. The van der Waals surface area contributed by atoms with E-state index in [1.54, 1.807) is 0 Å². The number of fused-ring (bicyclic) bond motifs is 18. The van der Waals surface area contributed by atoms with E-state index in [2.05, 4.69) is 221 Å². The molecule has 1 atom stereocenters. The second-order valence-corrected chi connectivity index (χ2v) is 19.8. The van der Waals surface area contributed by atoms with Gasteiger partial charge in [-0.25, -0.2) is 9.98 Å². The van der Waals surface area contributed by atoms with Crippen LogP contribution in [0.3, 0.4) is 0 Å². The Labute approximate surface area is 404 Å². The van der Waals surface area contributed by atoms with Crippen LogP contribution >= 0.6 is 11.3 Å². The summed E-state index contributed by atoms with van der Waals surface area (Å²) in [5.74, 6) is 0.600. The van der Waals surface area contributed by atoms with E-state index in [1.807, 2.05) is 11.3 Å². The summed E-state index contributed by atoms with van der Waals surface area (Å²) in [4.78, 5) is 11.9. The maximum absolute atomic E-state index is 6.75. The maximum Gasteiger partial charge on any atom is 0.161 e. The van der Waals surface area contributed by atoms with Gasteiger partial charge in [-0.15, -0.1) is 11.3 Å². The van der Waals surface area contributed by atoms with Crippen LogP contribution in [0.15, 0.2) is 227 Å². The third-order valence-corrected chi connectivity index (χ3v) is 16.3. The summed E-state index contributed by atoms with van der Waals surface area (Å²) in [6.45, 7) is 0. The first-order chi connectivity index (χ1) is 34.7. The number of aromatic nitrogens is 2. The monoisotopic (exact) mass is 910 g/mol. The largest absolute Gasteiger partial charge is 0.456 e. The van der Waals surface area contributed by atoms with Crippen molar-refractivity contribution in [3.05, 3.63) is 235 Å². The third-order valence-electron chi connectivity index (χ3n) is 15.1. The number of rotatable bonds is 3. The van der Waals surface area contributed by atoms with E-state index in [-0.39, 0.29) is 5.92 Å². The fourth-order valence-corrected chi connectivity index (χ4v) is 13.3. The van der Waals surface area contributed by atoms with E-state index in [9.17, 15) is 0 Å². The minimum absolute atomic E-state index is 0.0934. The van der Waals surface area contributed by atoms with E-state index < -0.39 is 0 Å². The molecule has 0 N–H and O–H groups in total. The van der Waals surface area contributed by atoms with Crippen LogP contribution in [0.25, 0.3) is 114 Å². The number of hydrogen-bond donors (Lipinski definition) is 0. The molecule has 4 aromatic heterocycles. The Bertz CT molecular complexity index is 4710. The zero-order valence-electron chi connectivity index (χ0n) is 37.6. The second kappa shape index (κ2) is 14.3. The van der Waals surface area contributed by atoms with Crippen molar-refractivity contribution in [2.75, 3.05) is 0 Å². The van der Waals surface area contributed by atoms with Crippen LogP contribution in [0, 0.1) is 0 Å². The highest BCUT2D eigenvalue weighted by molar-refractivity contribution is 7.26. The molecule has 10 aromatic carbocycles. The predicted molar refractivity (Wildman–Crippen MR) is 294 cm³/mol. The number of para-hydroxylation sites is 5. The third kappa shape index (κ3) is 5.25. The zero-order valence-corrected chi connectivity index (χ0v) is 38.4. The van der Waals surface area contributed by atoms with Gasteiger partial charge in [0.15, 0.2) is 5.84 Å². The number of hydrogen-bond acceptors (Lipinski definition) is 4. The highest BCUT2D eigenvalue weighted by Gasteiger charge is 2.33. The van der Waals surface area contributed by atoms with E-state index in [0.29, 0.717) is 12.3 Å². The molecule has 2 aliphatic rings. The zero-order chi connectivity index (χ0) is 45.6. The fourth-order valence-electron chi connectivity index (χ4n) is 12.0. The molecule has 0 aliphatic carbocycles. The Hall–Kier alpha value is -8.84. The molecule has 16 rings (SSSR count). The van der Waals surface area contributed by atoms with Crippen molar-refractivity contribution in [2.45, 2.75) is 12.3 Å². The van der Waals surface area contributed by atoms with Crippen molar-refractivity contribution in [3.63, 3.8) is 0 Å². The van der Waals surface area contributed by atoms with E-state index in [1.165, 1.54) is 74.8 Å². The number of furan rings is 1. The average molecular weight is 911 g/mol. The molecular weight excluding hydrogens is 873 g/mol. The van der Waals surface area contributed by atoms with Crippen LogP contribution < -0.4 is 0 Å². The van der Waals surface area contributed by atoms with Crippen molar-refractivity contribution in [1.29, 1.82) is 0 Å². The van der Waals surface area contributed by atoms with Gasteiger partial charge in [0, 0.05) is 69.7 Å². The molecule has 0 radical (unpaired) electrons. The summed E-state index contributed by atoms with van der Waals surface area (Å²) < 4.78 is 14.1. The van der Waals surface area contributed by atoms with Gasteiger partial charge in [-0.2, -0.15) is 0 Å². The first-order valence-corrected chi connectivity index (χ1v) is 24.8. The van der Waals surface area contributed by atoms with Gasteiger partial charge >= 0.3 is 0 Å². The van der Waals surface area contributed by atoms with Crippen LogP contribution in [0.1, 0.15) is 34.6 Å². The number of aliphatic imine (C=N–C) groups is 2. The van der Waals surface area contributed by atoms with Crippen LogP contribution in [0.5, 0.6) is 0 Å².